The highest BCUT2D eigenvalue weighted by Gasteiger charge is 2.37. The molecule has 1 aromatic rings. The predicted molar refractivity (Wildman–Crippen MR) is 101 cm³/mol. The van der Waals surface area contributed by atoms with Crippen molar-refractivity contribution in [3.8, 4) is 11.5 Å². The second kappa shape index (κ2) is 8.16. The Hall–Kier alpha value is -0.950. The van der Waals surface area contributed by atoms with Gasteiger partial charge in [-0.15, -0.1) is 0 Å². The molecular weight excluding hydrogens is 338 g/mol. The van der Waals surface area contributed by atoms with Gasteiger partial charge in [0.15, 0.2) is 11.5 Å². The molecule has 6 heteroatoms. The van der Waals surface area contributed by atoms with E-state index >= 15 is 0 Å². The lowest BCUT2D eigenvalue weighted by Gasteiger charge is -2.35. The van der Waals surface area contributed by atoms with E-state index in [0.717, 1.165) is 36.6 Å². The largest absolute Gasteiger partial charge is 0.493 e. The minimum Gasteiger partial charge on any atom is -0.493 e. The van der Waals surface area contributed by atoms with E-state index in [1.54, 1.807) is 21.0 Å². The van der Waals surface area contributed by atoms with Gasteiger partial charge in [0, 0.05) is 30.0 Å². The molecule has 1 aromatic carbocycles. The predicted octanol–water partition coefficient (Wildman–Crippen LogP) is 3.74. The van der Waals surface area contributed by atoms with Crippen LogP contribution in [0.25, 0.3) is 0 Å². The number of nitrogens with zero attached hydrogens (tertiary/aromatic N) is 1. The van der Waals surface area contributed by atoms with Crippen molar-refractivity contribution in [2.24, 2.45) is 0 Å². The van der Waals surface area contributed by atoms with Crippen molar-refractivity contribution >= 4 is 12.0 Å². The molecule has 2 rings (SSSR count). The maximum atomic E-state index is 10.2. The smallest absolute Gasteiger partial charge is 0.161 e. The van der Waals surface area contributed by atoms with Gasteiger partial charge in [-0.05, 0) is 65.8 Å². The standard InChI is InChI=1S/C19H31NO4S/c1-18(2,21)19(3,4)24-25-15-7-8-16(17(13-15)22-6)23-14-9-11-20(5)12-10-14/h7-8,13-14,21H,9-12H2,1-6H3. The molecule has 0 saturated carbocycles. The van der Waals surface area contributed by atoms with Crippen LogP contribution >= 0.6 is 12.0 Å². The normalized spacial score (nSPS) is 17.6. The number of benzene rings is 1. The van der Waals surface area contributed by atoms with Crippen LogP contribution in [0.2, 0.25) is 0 Å². The van der Waals surface area contributed by atoms with Gasteiger partial charge >= 0.3 is 0 Å². The van der Waals surface area contributed by atoms with Gasteiger partial charge in [0.1, 0.15) is 11.7 Å². The zero-order valence-electron chi connectivity index (χ0n) is 16.2. The van der Waals surface area contributed by atoms with Gasteiger partial charge < -0.3 is 23.7 Å². The van der Waals surface area contributed by atoms with E-state index in [0.29, 0.717) is 5.75 Å². The Morgan fingerprint density at radius 1 is 1.12 bits per heavy atom. The number of piperidine rings is 1. The molecule has 0 radical (unpaired) electrons. The van der Waals surface area contributed by atoms with Crippen LogP contribution in [0.3, 0.4) is 0 Å². The molecule has 1 aliphatic heterocycles. The maximum Gasteiger partial charge on any atom is 0.161 e. The molecule has 0 atom stereocenters. The highest BCUT2D eigenvalue weighted by Crippen LogP contribution is 2.37. The SMILES string of the molecule is COc1cc(SOC(C)(C)C(C)(C)O)ccc1OC1CCN(C)CC1. The fourth-order valence-corrected chi connectivity index (χ4v) is 3.12. The van der Waals surface area contributed by atoms with Crippen LogP contribution in [0.15, 0.2) is 23.1 Å². The molecular formula is C19H31NO4S. The average Bonchev–Trinajstić information content (AvgIpc) is 2.55. The Kier molecular flexibility index (Phi) is 6.65. The molecule has 1 heterocycles. The van der Waals surface area contributed by atoms with Crippen molar-refractivity contribution in [2.75, 3.05) is 27.2 Å². The van der Waals surface area contributed by atoms with Crippen molar-refractivity contribution in [1.29, 1.82) is 0 Å². The van der Waals surface area contributed by atoms with Gasteiger partial charge in [-0.25, -0.2) is 0 Å². The van der Waals surface area contributed by atoms with Gasteiger partial charge in [-0.2, -0.15) is 0 Å². The summed E-state index contributed by atoms with van der Waals surface area (Å²) >= 11 is 1.24. The number of ether oxygens (including phenoxy) is 2. The first-order valence-corrected chi connectivity index (χ1v) is 9.48. The second-order valence-electron chi connectivity index (χ2n) is 7.67. The molecule has 1 aliphatic rings. The van der Waals surface area contributed by atoms with Crippen molar-refractivity contribution in [3.05, 3.63) is 18.2 Å². The van der Waals surface area contributed by atoms with Gasteiger partial charge in [-0.1, -0.05) is 0 Å². The molecule has 1 saturated heterocycles. The molecule has 0 unspecified atom stereocenters. The lowest BCUT2D eigenvalue weighted by molar-refractivity contribution is -0.0813. The fourth-order valence-electron chi connectivity index (χ4n) is 2.33. The summed E-state index contributed by atoms with van der Waals surface area (Å²) in [5.41, 5.74) is -1.63. The highest BCUT2D eigenvalue weighted by atomic mass is 32.2. The topological polar surface area (TPSA) is 51.2 Å². The Morgan fingerprint density at radius 3 is 2.32 bits per heavy atom. The summed E-state index contributed by atoms with van der Waals surface area (Å²) < 4.78 is 17.5. The number of methoxy groups -OCH3 is 1. The lowest BCUT2D eigenvalue weighted by atomic mass is 9.90. The molecule has 25 heavy (non-hydrogen) atoms. The number of likely N-dealkylation sites (tertiary alicyclic amines) is 1. The molecule has 1 N–H and O–H groups in total. The van der Waals surface area contributed by atoms with E-state index in [4.69, 9.17) is 13.7 Å². The zero-order chi connectivity index (χ0) is 18.7. The van der Waals surface area contributed by atoms with E-state index in [1.807, 2.05) is 32.0 Å². The monoisotopic (exact) mass is 369 g/mol. The summed E-state index contributed by atoms with van der Waals surface area (Å²) in [5.74, 6) is 1.47. The average molecular weight is 370 g/mol. The van der Waals surface area contributed by atoms with Gasteiger partial charge in [-0.3, -0.25) is 0 Å². The van der Waals surface area contributed by atoms with Gasteiger partial charge in [0.25, 0.3) is 0 Å². The first-order valence-electron chi connectivity index (χ1n) is 8.73. The van der Waals surface area contributed by atoms with E-state index in [-0.39, 0.29) is 6.10 Å². The van der Waals surface area contributed by atoms with Crippen molar-refractivity contribution < 1.29 is 18.8 Å². The molecule has 142 valence electrons. The Balaban J connectivity index is 2.01. The van der Waals surface area contributed by atoms with Crippen LogP contribution in [0.1, 0.15) is 40.5 Å². The molecule has 5 nitrogen and oxygen atoms in total. The van der Waals surface area contributed by atoms with Crippen LogP contribution in [0, 0.1) is 0 Å². The van der Waals surface area contributed by atoms with E-state index in [9.17, 15) is 5.11 Å². The summed E-state index contributed by atoms with van der Waals surface area (Å²) in [6.45, 7) is 9.34. The van der Waals surface area contributed by atoms with E-state index in [1.165, 1.54) is 12.0 Å². The number of rotatable bonds is 7. The minimum atomic E-state index is -0.943. The van der Waals surface area contributed by atoms with E-state index in [2.05, 4.69) is 11.9 Å². The first-order chi connectivity index (χ1) is 11.6. The third-order valence-electron chi connectivity index (χ3n) is 4.91. The third kappa shape index (κ3) is 5.51. The number of hydrogen-bond donors (Lipinski definition) is 1. The molecule has 0 aromatic heterocycles. The fraction of sp³-hybridized carbons (Fsp3) is 0.684. The van der Waals surface area contributed by atoms with Crippen molar-refractivity contribution in [2.45, 2.75) is 62.7 Å². The Labute approximate surface area is 155 Å². The molecule has 0 amide bonds. The van der Waals surface area contributed by atoms with Gasteiger partial charge in [0.2, 0.25) is 0 Å². The van der Waals surface area contributed by atoms with Crippen molar-refractivity contribution in [1.82, 2.24) is 4.90 Å². The van der Waals surface area contributed by atoms with Crippen molar-refractivity contribution in [3.63, 3.8) is 0 Å². The Bertz CT molecular complexity index is 563. The molecule has 0 aliphatic carbocycles. The van der Waals surface area contributed by atoms with Crippen LogP contribution in [0.5, 0.6) is 11.5 Å². The molecule has 1 fully saturated rings. The molecule has 0 spiro atoms. The summed E-state index contributed by atoms with van der Waals surface area (Å²) in [4.78, 5) is 3.23. The number of hydrogen-bond acceptors (Lipinski definition) is 6. The first kappa shape index (κ1) is 20.4. The Morgan fingerprint density at radius 2 is 1.76 bits per heavy atom. The van der Waals surface area contributed by atoms with Crippen LogP contribution in [-0.4, -0.2) is 54.6 Å². The molecule has 0 bridgehead atoms. The maximum absolute atomic E-state index is 10.2. The summed E-state index contributed by atoms with van der Waals surface area (Å²) in [7, 11) is 3.78. The highest BCUT2D eigenvalue weighted by molar-refractivity contribution is 7.94. The third-order valence-corrected chi connectivity index (χ3v) is 5.86. The van der Waals surface area contributed by atoms with Gasteiger partial charge in [0.05, 0.1) is 12.7 Å². The van der Waals surface area contributed by atoms with Crippen LogP contribution in [0.4, 0.5) is 0 Å². The lowest BCUT2D eigenvalue weighted by Crippen LogP contribution is -2.45. The second-order valence-corrected chi connectivity index (χ2v) is 8.47. The number of aliphatic hydroxyl groups is 1. The quantitative estimate of drug-likeness (QED) is 0.739. The van der Waals surface area contributed by atoms with Crippen LogP contribution in [-0.2, 0) is 4.18 Å². The van der Waals surface area contributed by atoms with E-state index < -0.39 is 11.2 Å². The van der Waals surface area contributed by atoms with Crippen LogP contribution < -0.4 is 9.47 Å². The summed E-state index contributed by atoms with van der Waals surface area (Å²) in [6, 6.07) is 5.80. The zero-order valence-corrected chi connectivity index (χ0v) is 17.0. The summed E-state index contributed by atoms with van der Waals surface area (Å²) in [5, 5.41) is 10.2. The summed E-state index contributed by atoms with van der Waals surface area (Å²) in [6.07, 6.45) is 2.28. The minimum absolute atomic E-state index is 0.231.